The van der Waals surface area contributed by atoms with Gasteiger partial charge in [0.1, 0.15) is 17.2 Å². The van der Waals surface area contributed by atoms with Crippen LogP contribution >= 0.6 is 0 Å². The van der Waals surface area contributed by atoms with E-state index in [0.29, 0.717) is 11.5 Å². The number of hydrogen-bond donors (Lipinski definition) is 0. The van der Waals surface area contributed by atoms with E-state index in [0.717, 1.165) is 67.3 Å². The summed E-state index contributed by atoms with van der Waals surface area (Å²) in [7, 11) is 5.04. The van der Waals surface area contributed by atoms with Gasteiger partial charge in [-0.1, -0.05) is 66.7 Å². The second kappa shape index (κ2) is 12.1. The van der Waals surface area contributed by atoms with Crippen LogP contribution in [-0.4, -0.2) is 35.4 Å². The van der Waals surface area contributed by atoms with Crippen LogP contribution in [0, 0.1) is 6.92 Å². The largest absolute Gasteiger partial charge is 0.497 e. The summed E-state index contributed by atoms with van der Waals surface area (Å²) in [5, 5.41) is 4.76. The Hall–Kier alpha value is -6.53. The van der Waals surface area contributed by atoms with Gasteiger partial charge in [0.25, 0.3) is 0 Å². The molecule has 0 aliphatic heterocycles. The zero-order valence-corrected chi connectivity index (χ0v) is 28.8. The fraction of sp³-hybridized carbons (Fsp3) is 0.0889. The first-order valence-corrected chi connectivity index (χ1v) is 17.0. The van der Waals surface area contributed by atoms with Gasteiger partial charge in [0.2, 0.25) is 0 Å². The van der Waals surface area contributed by atoms with Crippen molar-refractivity contribution >= 4 is 43.6 Å². The van der Waals surface area contributed by atoms with Crippen molar-refractivity contribution in [2.45, 2.75) is 6.92 Å². The summed E-state index contributed by atoms with van der Waals surface area (Å²) < 4.78 is 21.9. The Morgan fingerprint density at radius 3 is 1.45 bits per heavy atom. The predicted octanol–water partition coefficient (Wildman–Crippen LogP) is 10.9. The van der Waals surface area contributed by atoms with Crippen molar-refractivity contribution in [1.29, 1.82) is 0 Å². The van der Waals surface area contributed by atoms with E-state index in [4.69, 9.17) is 19.2 Å². The second-order valence-corrected chi connectivity index (χ2v) is 12.8. The van der Waals surface area contributed by atoms with Gasteiger partial charge in [0.05, 0.1) is 60.5 Å². The molecule has 0 unspecified atom stereocenters. The highest BCUT2D eigenvalue weighted by molar-refractivity contribution is 6.23. The fourth-order valence-corrected chi connectivity index (χ4v) is 7.52. The summed E-state index contributed by atoms with van der Waals surface area (Å²) in [6.07, 6.45) is 0. The summed E-state index contributed by atoms with van der Waals surface area (Å²) in [5.74, 6) is 2.18. The van der Waals surface area contributed by atoms with E-state index in [1.54, 1.807) is 21.3 Å². The molecule has 51 heavy (non-hydrogen) atoms. The Bertz CT molecular complexity index is 2760. The standard InChI is InChI=1S/C45H35N3O3/c1-28-20-29(22-33(21-28)49-2)40-25-32(26-41(46-40)30-23-34(50-3)27-35(24-30)51-4)48-43-17-11-9-15-37(43)39-19-18-38-36-14-8-10-16-42(36)47(44(38)45(39)48)31-12-6-5-7-13-31/h5-27H,1-4H3. The molecule has 0 spiro atoms. The third-order valence-electron chi connectivity index (χ3n) is 9.78. The zero-order chi connectivity index (χ0) is 34.6. The van der Waals surface area contributed by atoms with Gasteiger partial charge in [-0.3, -0.25) is 0 Å². The molecule has 9 aromatic rings. The van der Waals surface area contributed by atoms with Crippen molar-refractivity contribution in [1.82, 2.24) is 14.1 Å². The average Bonchev–Trinajstić information content (AvgIpc) is 3.70. The van der Waals surface area contributed by atoms with Crippen LogP contribution in [0.1, 0.15) is 5.56 Å². The van der Waals surface area contributed by atoms with Crippen molar-refractivity contribution in [3.63, 3.8) is 0 Å². The molecule has 3 aromatic heterocycles. The third-order valence-corrected chi connectivity index (χ3v) is 9.78. The lowest BCUT2D eigenvalue weighted by Crippen LogP contribution is -2.01. The molecule has 0 N–H and O–H groups in total. The minimum Gasteiger partial charge on any atom is -0.497 e. The predicted molar refractivity (Wildman–Crippen MR) is 208 cm³/mol. The number of nitrogens with zero attached hydrogens (tertiary/aromatic N) is 3. The number of fused-ring (bicyclic) bond motifs is 7. The molecule has 0 bridgehead atoms. The van der Waals surface area contributed by atoms with Crippen molar-refractivity contribution in [2.24, 2.45) is 0 Å². The third kappa shape index (κ3) is 4.98. The molecule has 0 amide bonds. The van der Waals surface area contributed by atoms with Gasteiger partial charge in [-0.2, -0.15) is 0 Å². The Labute approximate surface area is 295 Å². The van der Waals surface area contributed by atoms with Gasteiger partial charge < -0.3 is 23.3 Å². The van der Waals surface area contributed by atoms with E-state index in [-0.39, 0.29) is 0 Å². The molecule has 0 saturated carbocycles. The molecule has 6 nitrogen and oxygen atoms in total. The number of hydrogen-bond acceptors (Lipinski definition) is 4. The van der Waals surface area contributed by atoms with Crippen molar-refractivity contribution < 1.29 is 14.2 Å². The smallest absolute Gasteiger partial charge is 0.123 e. The van der Waals surface area contributed by atoms with Crippen LogP contribution in [0.3, 0.4) is 0 Å². The lowest BCUT2D eigenvalue weighted by atomic mass is 10.0. The van der Waals surface area contributed by atoms with Crippen LogP contribution < -0.4 is 14.2 Å². The molecule has 0 fully saturated rings. The van der Waals surface area contributed by atoms with Gasteiger partial charge >= 0.3 is 0 Å². The molecule has 0 radical (unpaired) electrons. The number of para-hydroxylation sites is 3. The molecule has 0 aliphatic rings. The molecule has 248 valence electrons. The second-order valence-electron chi connectivity index (χ2n) is 12.8. The van der Waals surface area contributed by atoms with E-state index < -0.39 is 0 Å². The molecular weight excluding hydrogens is 631 g/mol. The van der Waals surface area contributed by atoms with E-state index >= 15 is 0 Å². The maximum absolute atomic E-state index is 5.71. The van der Waals surface area contributed by atoms with Gasteiger partial charge in [0.15, 0.2) is 0 Å². The summed E-state index contributed by atoms with van der Waals surface area (Å²) in [5.41, 5.74) is 11.2. The average molecular weight is 666 g/mol. The van der Waals surface area contributed by atoms with Gasteiger partial charge in [0, 0.05) is 44.4 Å². The van der Waals surface area contributed by atoms with Gasteiger partial charge in [-0.25, -0.2) is 4.98 Å². The normalized spacial score (nSPS) is 11.5. The molecule has 0 aliphatic carbocycles. The number of rotatable bonds is 7. The first kappa shape index (κ1) is 30.5. The quantitative estimate of drug-likeness (QED) is 0.170. The van der Waals surface area contributed by atoms with Crippen LogP contribution in [0.25, 0.3) is 77.5 Å². The highest BCUT2D eigenvalue weighted by atomic mass is 16.5. The Kier molecular flexibility index (Phi) is 7.25. The number of ether oxygens (including phenoxy) is 3. The maximum atomic E-state index is 5.71. The minimum absolute atomic E-state index is 0.696. The minimum atomic E-state index is 0.696. The Morgan fingerprint density at radius 1 is 0.431 bits per heavy atom. The zero-order valence-electron chi connectivity index (χ0n) is 28.8. The molecular formula is C45H35N3O3. The molecule has 0 atom stereocenters. The Balaban J connectivity index is 1.45. The van der Waals surface area contributed by atoms with Gasteiger partial charge in [-0.05, 0) is 79.2 Å². The van der Waals surface area contributed by atoms with Crippen LogP contribution in [0.2, 0.25) is 0 Å². The van der Waals surface area contributed by atoms with Crippen LogP contribution in [0.5, 0.6) is 17.2 Å². The molecule has 9 rings (SSSR count). The first-order chi connectivity index (χ1) is 25.0. The summed E-state index contributed by atoms with van der Waals surface area (Å²) in [4.78, 5) is 5.29. The van der Waals surface area contributed by atoms with E-state index in [9.17, 15) is 0 Å². The lowest BCUT2D eigenvalue weighted by Gasteiger charge is -2.16. The summed E-state index contributed by atoms with van der Waals surface area (Å²) in [6.45, 7) is 2.08. The highest BCUT2D eigenvalue weighted by Gasteiger charge is 2.22. The molecule has 0 saturated heterocycles. The van der Waals surface area contributed by atoms with E-state index in [1.807, 2.05) is 30.3 Å². The van der Waals surface area contributed by atoms with Crippen LogP contribution in [-0.2, 0) is 0 Å². The number of aromatic nitrogens is 3. The van der Waals surface area contributed by atoms with Crippen LogP contribution in [0.4, 0.5) is 0 Å². The van der Waals surface area contributed by atoms with Crippen molar-refractivity contribution in [2.75, 3.05) is 21.3 Å². The fourth-order valence-electron chi connectivity index (χ4n) is 7.52. The lowest BCUT2D eigenvalue weighted by molar-refractivity contribution is 0.394. The van der Waals surface area contributed by atoms with Gasteiger partial charge in [-0.15, -0.1) is 0 Å². The number of benzene rings is 6. The number of aryl methyl sites for hydroxylation is 1. The van der Waals surface area contributed by atoms with Crippen molar-refractivity contribution in [3.8, 4) is 51.1 Å². The highest BCUT2D eigenvalue weighted by Crippen LogP contribution is 2.43. The monoisotopic (exact) mass is 665 g/mol. The first-order valence-electron chi connectivity index (χ1n) is 17.0. The van der Waals surface area contributed by atoms with Crippen molar-refractivity contribution in [3.05, 3.63) is 145 Å². The molecule has 3 heterocycles. The number of methoxy groups -OCH3 is 3. The summed E-state index contributed by atoms with van der Waals surface area (Å²) in [6, 6.07) is 49.0. The Morgan fingerprint density at radius 2 is 0.902 bits per heavy atom. The van der Waals surface area contributed by atoms with E-state index in [2.05, 4.69) is 125 Å². The molecule has 6 aromatic carbocycles. The van der Waals surface area contributed by atoms with E-state index in [1.165, 1.54) is 21.5 Å². The number of pyridine rings is 1. The maximum Gasteiger partial charge on any atom is 0.123 e. The van der Waals surface area contributed by atoms with Crippen LogP contribution in [0.15, 0.2) is 140 Å². The summed E-state index contributed by atoms with van der Waals surface area (Å²) >= 11 is 0. The molecule has 6 heteroatoms. The topological polar surface area (TPSA) is 50.4 Å². The SMILES string of the molecule is COc1cc(C)cc(-c2cc(-n3c4ccccc4c4ccc5c6ccccc6n(-c6ccccc6)c5c43)cc(-c3cc(OC)cc(OC)c3)n2)c1.